The van der Waals surface area contributed by atoms with Gasteiger partial charge in [-0.1, -0.05) is 38.5 Å². The number of hydrogen-bond donors (Lipinski definition) is 1. The van der Waals surface area contributed by atoms with E-state index in [0.717, 1.165) is 6.54 Å². The van der Waals surface area contributed by atoms with E-state index < -0.39 is 0 Å². The van der Waals surface area contributed by atoms with Crippen molar-refractivity contribution in [3.8, 4) is 0 Å². The summed E-state index contributed by atoms with van der Waals surface area (Å²) in [6, 6.07) is 6.71. The molecule has 0 amide bonds. The fraction of sp³-hybridized carbons (Fsp3) is 0.429. The Morgan fingerprint density at radius 1 is 1.20 bits per heavy atom. The van der Waals surface area contributed by atoms with Crippen LogP contribution in [0.2, 0.25) is 0 Å². The first kappa shape index (κ1) is 10.3. The molecular formula is C14H19N. The first-order valence-corrected chi connectivity index (χ1v) is 5.52. The van der Waals surface area contributed by atoms with Crippen molar-refractivity contribution in [3.63, 3.8) is 0 Å². The molecule has 1 nitrogen and oxygen atoms in total. The highest BCUT2D eigenvalue weighted by Crippen LogP contribution is 2.29. The average Bonchev–Trinajstić information content (AvgIpc) is 2.15. The van der Waals surface area contributed by atoms with Gasteiger partial charge in [-0.05, 0) is 35.6 Å². The van der Waals surface area contributed by atoms with Crippen LogP contribution in [-0.4, -0.2) is 6.54 Å². The summed E-state index contributed by atoms with van der Waals surface area (Å²) in [4.78, 5) is 0. The Bertz CT molecular complexity index is 408. The van der Waals surface area contributed by atoms with Crippen LogP contribution in [0, 0.1) is 0 Å². The zero-order chi connectivity index (χ0) is 11.1. The number of rotatable bonds is 0. The lowest BCUT2D eigenvalue weighted by Crippen LogP contribution is -2.13. The lowest BCUT2D eigenvalue weighted by molar-refractivity contribution is 0.590. The molecule has 1 aliphatic heterocycles. The molecule has 1 aromatic rings. The van der Waals surface area contributed by atoms with Gasteiger partial charge in [-0.15, -0.1) is 0 Å². The standard InChI is InChI=1S/C14H19N/c1-10-7-11-8-12(14(2,3)4)5-6-13(11)15-9-10/h5-8,15H,9H2,1-4H3. The summed E-state index contributed by atoms with van der Waals surface area (Å²) in [6.45, 7) is 9.90. The van der Waals surface area contributed by atoms with E-state index in [4.69, 9.17) is 0 Å². The maximum absolute atomic E-state index is 3.42. The third-order valence-electron chi connectivity index (χ3n) is 2.88. The van der Waals surface area contributed by atoms with Crippen LogP contribution in [0.25, 0.3) is 6.08 Å². The average molecular weight is 201 g/mol. The van der Waals surface area contributed by atoms with E-state index >= 15 is 0 Å². The summed E-state index contributed by atoms with van der Waals surface area (Å²) in [6.07, 6.45) is 2.28. The van der Waals surface area contributed by atoms with Crippen LogP contribution < -0.4 is 5.32 Å². The molecule has 0 atom stereocenters. The highest BCUT2D eigenvalue weighted by molar-refractivity contribution is 5.72. The highest BCUT2D eigenvalue weighted by Gasteiger charge is 2.16. The summed E-state index contributed by atoms with van der Waals surface area (Å²) >= 11 is 0. The Balaban J connectivity index is 2.47. The lowest BCUT2D eigenvalue weighted by atomic mass is 9.85. The molecule has 0 fully saturated rings. The van der Waals surface area contributed by atoms with Gasteiger partial charge in [0.25, 0.3) is 0 Å². The Morgan fingerprint density at radius 2 is 1.93 bits per heavy atom. The van der Waals surface area contributed by atoms with Crippen LogP contribution in [0.3, 0.4) is 0 Å². The van der Waals surface area contributed by atoms with Gasteiger partial charge >= 0.3 is 0 Å². The molecule has 2 rings (SSSR count). The van der Waals surface area contributed by atoms with Crippen LogP contribution in [0.15, 0.2) is 23.8 Å². The Labute approximate surface area is 92.2 Å². The topological polar surface area (TPSA) is 12.0 Å². The van der Waals surface area contributed by atoms with Crippen LogP contribution in [0.5, 0.6) is 0 Å². The maximum atomic E-state index is 3.42. The predicted molar refractivity (Wildman–Crippen MR) is 67.3 cm³/mol. The minimum absolute atomic E-state index is 0.230. The summed E-state index contributed by atoms with van der Waals surface area (Å²) < 4.78 is 0. The van der Waals surface area contributed by atoms with E-state index in [0.29, 0.717) is 0 Å². The molecule has 1 heterocycles. The van der Waals surface area contributed by atoms with E-state index in [1.54, 1.807) is 0 Å². The molecule has 1 N–H and O–H groups in total. The number of benzene rings is 1. The van der Waals surface area contributed by atoms with E-state index in [2.05, 4.69) is 57.3 Å². The van der Waals surface area contributed by atoms with Gasteiger partial charge in [0, 0.05) is 12.2 Å². The molecule has 0 spiro atoms. The summed E-state index contributed by atoms with van der Waals surface area (Å²) in [5, 5.41) is 3.42. The van der Waals surface area contributed by atoms with E-state index in [1.165, 1.54) is 22.4 Å². The quantitative estimate of drug-likeness (QED) is 0.673. The molecule has 0 saturated carbocycles. The molecule has 15 heavy (non-hydrogen) atoms. The van der Waals surface area contributed by atoms with Crippen molar-refractivity contribution in [2.75, 3.05) is 11.9 Å². The monoisotopic (exact) mass is 201 g/mol. The van der Waals surface area contributed by atoms with Crippen molar-refractivity contribution in [2.24, 2.45) is 0 Å². The summed E-state index contributed by atoms with van der Waals surface area (Å²) in [5.74, 6) is 0. The van der Waals surface area contributed by atoms with Gasteiger partial charge in [0.1, 0.15) is 0 Å². The van der Waals surface area contributed by atoms with Crippen LogP contribution in [0.1, 0.15) is 38.8 Å². The zero-order valence-corrected chi connectivity index (χ0v) is 10.0. The minimum Gasteiger partial charge on any atom is -0.381 e. The molecule has 0 bridgehead atoms. The Hall–Kier alpha value is -1.24. The van der Waals surface area contributed by atoms with E-state index in [1.807, 2.05) is 0 Å². The van der Waals surface area contributed by atoms with Gasteiger partial charge in [0.15, 0.2) is 0 Å². The highest BCUT2D eigenvalue weighted by atomic mass is 14.9. The van der Waals surface area contributed by atoms with Gasteiger partial charge in [0.2, 0.25) is 0 Å². The molecule has 0 unspecified atom stereocenters. The summed E-state index contributed by atoms with van der Waals surface area (Å²) in [5.41, 5.74) is 5.61. The maximum Gasteiger partial charge on any atom is 0.0416 e. The van der Waals surface area contributed by atoms with Crippen molar-refractivity contribution in [1.29, 1.82) is 0 Å². The lowest BCUT2D eigenvalue weighted by Gasteiger charge is -2.23. The van der Waals surface area contributed by atoms with Gasteiger partial charge < -0.3 is 5.32 Å². The van der Waals surface area contributed by atoms with Gasteiger partial charge in [0.05, 0.1) is 0 Å². The minimum atomic E-state index is 0.230. The molecule has 1 aliphatic rings. The van der Waals surface area contributed by atoms with Crippen LogP contribution in [0.4, 0.5) is 5.69 Å². The number of hydrogen-bond acceptors (Lipinski definition) is 1. The van der Waals surface area contributed by atoms with E-state index in [-0.39, 0.29) is 5.41 Å². The van der Waals surface area contributed by atoms with Crippen molar-refractivity contribution >= 4 is 11.8 Å². The number of fused-ring (bicyclic) bond motifs is 1. The second-order valence-corrected chi connectivity index (χ2v) is 5.40. The first-order chi connectivity index (χ1) is 6.97. The molecule has 80 valence electrons. The fourth-order valence-corrected chi connectivity index (χ4v) is 1.86. The molecule has 0 aliphatic carbocycles. The van der Waals surface area contributed by atoms with Crippen molar-refractivity contribution in [2.45, 2.75) is 33.1 Å². The zero-order valence-electron chi connectivity index (χ0n) is 10.0. The molecule has 0 radical (unpaired) electrons. The second kappa shape index (κ2) is 3.41. The van der Waals surface area contributed by atoms with E-state index in [9.17, 15) is 0 Å². The normalized spacial score (nSPS) is 15.3. The van der Waals surface area contributed by atoms with Gasteiger partial charge in [-0.25, -0.2) is 0 Å². The largest absolute Gasteiger partial charge is 0.381 e. The Kier molecular flexibility index (Phi) is 2.34. The van der Waals surface area contributed by atoms with Crippen molar-refractivity contribution < 1.29 is 0 Å². The molecule has 1 aromatic carbocycles. The van der Waals surface area contributed by atoms with Gasteiger partial charge in [-0.3, -0.25) is 0 Å². The van der Waals surface area contributed by atoms with Crippen molar-refractivity contribution in [1.82, 2.24) is 0 Å². The molecule has 1 heteroatoms. The SMILES string of the molecule is CC1=Cc2cc(C(C)(C)C)ccc2NC1. The smallest absolute Gasteiger partial charge is 0.0416 e. The number of nitrogens with one attached hydrogen (secondary N) is 1. The molecule has 0 saturated heterocycles. The third-order valence-corrected chi connectivity index (χ3v) is 2.88. The third kappa shape index (κ3) is 2.06. The fourth-order valence-electron chi connectivity index (χ4n) is 1.86. The second-order valence-electron chi connectivity index (χ2n) is 5.40. The van der Waals surface area contributed by atoms with Crippen LogP contribution >= 0.6 is 0 Å². The van der Waals surface area contributed by atoms with Crippen molar-refractivity contribution in [3.05, 3.63) is 34.9 Å². The molecular weight excluding hydrogens is 182 g/mol. The van der Waals surface area contributed by atoms with Gasteiger partial charge in [-0.2, -0.15) is 0 Å². The van der Waals surface area contributed by atoms with Crippen LogP contribution in [-0.2, 0) is 5.41 Å². The number of anilines is 1. The first-order valence-electron chi connectivity index (χ1n) is 5.52. The summed E-state index contributed by atoms with van der Waals surface area (Å²) in [7, 11) is 0. The Morgan fingerprint density at radius 3 is 2.60 bits per heavy atom. The molecule has 0 aromatic heterocycles. The predicted octanol–water partition coefficient (Wildman–Crippen LogP) is 3.81.